The zero-order chi connectivity index (χ0) is 15.8. The van der Waals surface area contributed by atoms with Gasteiger partial charge in [-0.2, -0.15) is 0 Å². The van der Waals surface area contributed by atoms with E-state index in [0.29, 0.717) is 12.1 Å². The summed E-state index contributed by atoms with van der Waals surface area (Å²) in [6.45, 7) is 3.00. The van der Waals surface area contributed by atoms with Crippen molar-refractivity contribution in [3.8, 4) is 0 Å². The largest absolute Gasteiger partial charge is 0.343 e. The lowest BCUT2D eigenvalue weighted by atomic mass is 10.1. The van der Waals surface area contributed by atoms with Gasteiger partial charge < -0.3 is 10.2 Å². The second kappa shape index (κ2) is 8.57. The molecule has 1 aromatic carbocycles. The van der Waals surface area contributed by atoms with Gasteiger partial charge in [-0.05, 0) is 18.6 Å². The first kappa shape index (κ1) is 16.5. The molecule has 0 saturated heterocycles. The van der Waals surface area contributed by atoms with E-state index >= 15 is 0 Å². The maximum atomic E-state index is 12.2. The number of nitrogens with one attached hydrogen (secondary N) is 1. The Bertz CT molecular complexity index is 514. The summed E-state index contributed by atoms with van der Waals surface area (Å²) in [6.07, 6.45) is 8.50. The van der Waals surface area contributed by atoms with Crippen molar-refractivity contribution in [1.29, 1.82) is 0 Å². The summed E-state index contributed by atoms with van der Waals surface area (Å²) in [5, 5.41) is 2.68. The molecule has 0 aromatic heterocycles. The van der Waals surface area contributed by atoms with Crippen LogP contribution in [0.4, 0.5) is 5.69 Å². The predicted molar refractivity (Wildman–Crippen MR) is 89.1 cm³/mol. The minimum Gasteiger partial charge on any atom is -0.343 e. The monoisotopic (exact) mass is 302 g/mol. The second-order valence-corrected chi connectivity index (χ2v) is 5.87. The molecule has 1 aromatic rings. The number of anilines is 1. The Labute approximate surface area is 132 Å². The number of nitrogens with zero attached hydrogens (tertiary/aromatic N) is 1. The third-order valence-corrected chi connectivity index (χ3v) is 4.13. The van der Waals surface area contributed by atoms with Crippen LogP contribution in [-0.2, 0) is 4.79 Å². The molecule has 0 spiro atoms. The van der Waals surface area contributed by atoms with E-state index in [4.69, 9.17) is 0 Å². The lowest BCUT2D eigenvalue weighted by molar-refractivity contribution is -0.117. The number of para-hydroxylation sites is 1. The van der Waals surface area contributed by atoms with Crippen LogP contribution in [0.1, 0.15) is 62.2 Å². The maximum absolute atomic E-state index is 12.2. The Morgan fingerprint density at radius 2 is 1.68 bits per heavy atom. The minimum absolute atomic E-state index is 0.0238. The van der Waals surface area contributed by atoms with E-state index in [1.165, 1.54) is 32.1 Å². The minimum atomic E-state index is -0.161. The Hall–Kier alpha value is -1.84. The molecule has 2 rings (SSSR count). The van der Waals surface area contributed by atoms with Gasteiger partial charge in [-0.25, -0.2) is 0 Å². The molecule has 0 radical (unpaired) electrons. The first-order valence-corrected chi connectivity index (χ1v) is 8.41. The van der Waals surface area contributed by atoms with Crippen LogP contribution in [0.15, 0.2) is 24.3 Å². The van der Waals surface area contributed by atoms with Crippen molar-refractivity contribution < 1.29 is 9.59 Å². The Kier molecular flexibility index (Phi) is 6.44. The molecular formula is C18H26N2O2. The Morgan fingerprint density at radius 1 is 1.00 bits per heavy atom. The van der Waals surface area contributed by atoms with Crippen molar-refractivity contribution in [1.82, 2.24) is 5.32 Å². The molecule has 2 amide bonds. The number of benzene rings is 1. The molecule has 0 atom stereocenters. The average Bonchev–Trinajstić information content (AvgIpc) is 2.66. The third kappa shape index (κ3) is 4.33. The third-order valence-electron chi connectivity index (χ3n) is 4.13. The van der Waals surface area contributed by atoms with Crippen LogP contribution in [-0.4, -0.2) is 24.9 Å². The fraction of sp³-hybridized carbons (Fsp3) is 0.556. The lowest BCUT2D eigenvalue weighted by Gasteiger charge is -2.22. The number of carbonyl (C=O) groups is 2. The van der Waals surface area contributed by atoms with Gasteiger partial charge in [0, 0.05) is 6.54 Å². The van der Waals surface area contributed by atoms with E-state index in [2.05, 4.69) is 12.2 Å². The van der Waals surface area contributed by atoms with Crippen molar-refractivity contribution in [2.75, 3.05) is 18.0 Å². The van der Waals surface area contributed by atoms with Gasteiger partial charge in [-0.1, -0.05) is 57.6 Å². The van der Waals surface area contributed by atoms with E-state index in [1.807, 2.05) is 18.2 Å². The van der Waals surface area contributed by atoms with Crippen LogP contribution < -0.4 is 10.2 Å². The number of rotatable bonds is 8. The van der Waals surface area contributed by atoms with Gasteiger partial charge in [0.15, 0.2) is 0 Å². The molecule has 0 saturated carbocycles. The highest BCUT2D eigenvalue weighted by atomic mass is 16.2. The fourth-order valence-electron chi connectivity index (χ4n) is 2.85. The van der Waals surface area contributed by atoms with E-state index < -0.39 is 0 Å². The number of amides is 2. The van der Waals surface area contributed by atoms with Crippen molar-refractivity contribution in [2.24, 2.45) is 0 Å². The quantitative estimate of drug-likeness (QED) is 0.747. The standard InChI is InChI=1S/C18H26N2O2/c1-2-3-4-5-6-7-10-13-20-16-12-9-8-11-15(16)18(22)19-14-17(20)21/h8-9,11-12H,2-7,10,13-14H2,1H3,(H,19,22). The van der Waals surface area contributed by atoms with Crippen LogP contribution in [0, 0.1) is 0 Å². The van der Waals surface area contributed by atoms with Gasteiger partial charge in [-0.3, -0.25) is 9.59 Å². The van der Waals surface area contributed by atoms with Crippen molar-refractivity contribution in [3.63, 3.8) is 0 Å². The number of carbonyl (C=O) groups excluding carboxylic acids is 2. The van der Waals surface area contributed by atoms with Crippen LogP contribution in [0.3, 0.4) is 0 Å². The zero-order valence-electron chi connectivity index (χ0n) is 13.4. The van der Waals surface area contributed by atoms with E-state index in [0.717, 1.165) is 18.5 Å². The van der Waals surface area contributed by atoms with Gasteiger partial charge in [-0.15, -0.1) is 0 Å². The molecule has 4 nitrogen and oxygen atoms in total. The molecule has 1 N–H and O–H groups in total. The van der Waals surface area contributed by atoms with Crippen molar-refractivity contribution in [2.45, 2.75) is 51.9 Å². The molecule has 0 fully saturated rings. The molecule has 4 heteroatoms. The summed E-state index contributed by atoms with van der Waals surface area (Å²) >= 11 is 0. The molecule has 1 heterocycles. The van der Waals surface area contributed by atoms with Crippen molar-refractivity contribution >= 4 is 17.5 Å². The molecule has 22 heavy (non-hydrogen) atoms. The lowest BCUT2D eigenvalue weighted by Crippen LogP contribution is -2.37. The van der Waals surface area contributed by atoms with E-state index in [9.17, 15) is 9.59 Å². The topological polar surface area (TPSA) is 49.4 Å². The predicted octanol–water partition coefficient (Wildman–Crippen LogP) is 3.51. The highest BCUT2D eigenvalue weighted by Crippen LogP contribution is 2.23. The SMILES string of the molecule is CCCCCCCCCN1C(=O)CNC(=O)c2ccccc21. The smallest absolute Gasteiger partial charge is 0.253 e. The Morgan fingerprint density at radius 3 is 2.45 bits per heavy atom. The van der Waals surface area contributed by atoms with E-state index in [-0.39, 0.29) is 18.4 Å². The van der Waals surface area contributed by atoms with Crippen LogP contribution >= 0.6 is 0 Å². The second-order valence-electron chi connectivity index (χ2n) is 5.87. The molecule has 1 aliphatic heterocycles. The summed E-state index contributed by atoms with van der Waals surface area (Å²) < 4.78 is 0. The summed E-state index contributed by atoms with van der Waals surface area (Å²) in [7, 11) is 0. The number of fused-ring (bicyclic) bond motifs is 1. The van der Waals surface area contributed by atoms with Gasteiger partial charge >= 0.3 is 0 Å². The van der Waals surface area contributed by atoms with Gasteiger partial charge in [0.05, 0.1) is 17.8 Å². The van der Waals surface area contributed by atoms with E-state index in [1.54, 1.807) is 11.0 Å². The summed E-state index contributed by atoms with van der Waals surface area (Å²) in [5.41, 5.74) is 1.34. The van der Waals surface area contributed by atoms with Gasteiger partial charge in [0.25, 0.3) is 5.91 Å². The molecule has 0 aliphatic carbocycles. The van der Waals surface area contributed by atoms with Crippen LogP contribution in [0.25, 0.3) is 0 Å². The molecule has 120 valence electrons. The zero-order valence-corrected chi connectivity index (χ0v) is 13.4. The molecule has 1 aliphatic rings. The summed E-state index contributed by atoms with van der Waals surface area (Å²) in [5.74, 6) is -0.185. The van der Waals surface area contributed by atoms with Crippen LogP contribution in [0.5, 0.6) is 0 Å². The molecule has 0 bridgehead atoms. The summed E-state index contributed by atoms with van der Waals surface area (Å²) in [6, 6.07) is 7.35. The maximum Gasteiger partial charge on any atom is 0.253 e. The van der Waals surface area contributed by atoms with Crippen molar-refractivity contribution in [3.05, 3.63) is 29.8 Å². The van der Waals surface area contributed by atoms with Crippen LogP contribution in [0.2, 0.25) is 0 Å². The first-order valence-electron chi connectivity index (χ1n) is 8.41. The van der Waals surface area contributed by atoms with Gasteiger partial charge in [0.2, 0.25) is 5.91 Å². The number of hydrogen-bond donors (Lipinski definition) is 1. The number of hydrogen-bond acceptors (Lipinski definition) is 2. The first-order chi connectivity index (χ1) is 10.7. The fourth-order valence-corrected chi connectivity index (χ4v) is 2.85. The normalized spacial score (nSPS) is 14.5. The Balaban J connectivity index is 1.90. The molecular weight excluding hydrogens is 276 g/mol. The highest BCUT2D eigenvalue weighted by molar-refractivity contribution is 6.09. The van der Waals surface area contributed by atoms with Gasteiger partial charge in [0.1, 0.15) is 0 Å². The molecule has 0 unspecified atom stereocenters. The highest BCUT2D eigenvalue weighted by Gasteiger charge is 2.25. The summed E-state index contributed by atoms with van der Waals surface area (Å²) in [4.78, 5) is 26.0. The average molecular weight is 302 g/mol. The number of unbranched alkanes of at least 4 members (excludes halogenated alkanes) is 6.